The van der Waals surface area contributed by atoms with Crippen LogP contribution in [0.15, 0.2) is 30.6 Å². The summed E-state index contributed by atoms with van der Waals surface area (Å²) in [4.78, 5) is 3.95. The highest BCUT2D eigenvalue weighted by Crippen LogP contribution is 2.30. The quantitative estimate of drug-likeness (QED) is 0.794. The molecule has 0 atom stereocenters. The van der Waals surface area contributed by atoms with Crippen molar-refractivity contribution in [2.24, 2.45) is 0 Å². The molecule has 0 aliphatic heterocycles. The van der Waals surface area contributed by atoms with E-state index in [9.17, 15) is 0 Å². The zero-order valence-electron chi connectivity index (χ0n) is 9.60. The number of benzene rings is 1. The monoisotopic (exact) mass is 310 g/mol. The lowest BCUT2D eigenvalue weighted by atomic mass is 10.2. The third-order valence-electron chi connectivity index (χ3n) is 2.69. The standard InChI is InChI=1S/C12H8Cl2N4S/c13-8-1-2-10-12(18-19-17-10)11(8)16-5-7-3-4-15-6-9(7)14/h1-4,6,16H,5H2. The molecule has 96 valence electrons. The zero-order chi connectivity index (χ0) is 13.2. The number of hydrogen-bond donors (Lipinski definition) is 1. The summed E-state index contributed by atoms with van der Waals surface area (Å²) in [5.41, 5.74) is 3.34. The minimum atomic E-state index is 0.553. The summed E-state index contributed by atoms with van der Waals surface area (Å²) in [5, 5.41) is 4.50. The molecular formula is C12H8Cl2N4S. The molecule has 0 saturated carbocycles. The lowest BCUT2D eigenvalue weighted by molar-refractivity contribution is 1.13. The van der Waals surface area contributed by atoms with Gasteiger partial charge in [0, 0.05) is 18.9 Å². The van der Waals surface area contributed by atoms with Gasteiger partial charge in [-0.1, -0.05) is 23.2 Å². The lowest BCUT2D eigenvalue weighted by Gasteiger charge is -2.09. The number of hydrogen-bond acceptors (Lipinski definition) is 5. The summed E-state index contributed by atoms with van der Waals surface area (Å²) in [6.07, 6.45) is 3.32. The number of fused-ring (bicyclic) bond motifs is 1. The molecule has 0 bridgehead atoms. The molecule has 1 N–H and O–H groups in total. The largest absolute Gasteiger partial charge is 0.378 e. The Bertz CT molecular complexity index is 729. The maximum atomic E-state index is 6.20. The first-order chi connectivity index (χ1) is 9.25. The molecule has 3 aromatic rings. The predicted octanol–water partition coefficient (Wildman–Crippen LogP) is 4.01. The SMILES string of the molecule is Clc1cnccc1CNc1c(Cl)ccc2nsnc12. The highest BCUT2D eigenvalue weighted by Gasteiger charge is 2.10. The van der Waals surface area contributed by atoms with Crippen LogP contribution in [0.25, 0.3) is 11.0 Å². The second-order valence-electron chi connectivity index (χ2n) is 3.87. The van der Waals surface area contributed by atoms with Crippen molar-refractivity contribution >= 4 is 51.7 Å². The molecule has 1 aromatic carbocycles. The van der Waals surface area contributed by atoms with E-state index in [-0.39, 0.29) is 0 Å². The van der Waals surface area contributed by atoms with Crippen LogP contribution in [-0.4, -0.2) is 13.7 Å². The number of halogens is 2. The summed E-state index contributed by atoms with van der Waals surface area (Å²) in [6.45, 7) is 0.553. The molecule has 0 fully saturated rings. The normalized spacial score (nSPS) is 10.8. The minimum Gasteiger partial charge on any atom is -0.378 e. The maximum Gasteiger partial charge on any atom is 0.129 e. The van der Waals surface area contributed by atoms with Crippen LogP contribution in [0.3, 0.4) is 0 Å². The van der Waals surface area contributed by atoms with Gasteiger partial charge < -0.3 is 5.32 Å². The molecule has 19 heavy (non-hydrogen) atoms. The Hall–Kier alpha value is -1.43. The Morgan fingerprint density at radius 2 is 2.00 bits per heavy atom. The predicted molar refractivity (Wildman–Crippen MR) is 79.0 cm³/mol. The average Bonchev–Trinajstić information content (AvgIpc) is 2.88. The highest BCUT2D eigenvalue weighted by atomic mass is 35.5. The Morgan fingerprint density at radius 3 is 2.84 bits per heavy atom. The Balaban J connectivity index is 1.92. The molecular weight excluding hydrogens is 303 g/mol. The molecule has 2 aromatic heterocycles. The molecule has 0 unspecified atom stereocenters. The first-order valence-corrected chi connectivity index (χ1v) is 6.97. The fraction of sp³-hybridized carbons (Fsp3) is 0.0833. The van der Waals surface area contributed by atoms with Crippen molar-refractivity contribution in [3.05, 3.63) is 46.2 Å². The molecule has 0 saturated heterocycles. The third-order valence-corrected chi connectivity index (χ3v) is 3.89. The van der Waals surface area contributed by atoms with Gasteiger partial charge in [0.05, 0.1) is 27.5 Å². The number of rotatable bonds is 3. The van der Waals surface area contributed by atoms with E-state index in [0.717, 1.165) is 22.3 Å². The number of nitrogens with one attached hydrogen (secondary N) is 1. The summed E-state index contributed by atoms with van der Waals surface area (Å²) in [6, 6.07) is 5.52. The van der Waals surface area contributed by atoms with Gasteiger partial charge in [0.2, 0.25) is 0 Å². The van der Waals surface area contributed by atoms with E-state index in [1.165, 1.54) is 11.7 Å². The van der Waals surface area contributed by atoms with Crippen LogP contribution in [0.2, 0.25) is 10.0 Å². The fourth-order valence-electron chi connectivity index (χ4n) is 1.73. The van der Waals surface area contributed by atoms with Gasteiger partial charge in [0.25, 0.3) is 0 Å². The molecule has 0 spiro atoms. The molecule has 0 aliphatic rings. The summed E-state index contributed by atoms with van der Waals surface area (Å²) in [7, 11) is 0. The van der Waals surface area contributed by atoms with E-state index in [1.54, 1.807) is 12.4 Å². The average molecular weight is 311 g/mol. The summed E-state index contributed by atoms with van der Waals surface area (Å²) >= 11 is 13.4. The van der Waals surface area contributed by atoms with Gasteiger partial charge >= 0.3 is 0 Å². The molecule has 2 heterocycles. The van der Waals surface area contributed by atoms with Crippen LogP contribution in [0.5, 0.6) is 0 Å². The van der Waals surface area contributed by atoms with Crippen molar-refractivity contribution in [3.8, 4) is 0 Å². The van der Waals surface area contributed by atoms with Gasteiger partial charge in [-0.05, 0) is 23.8 Å². The van der Waals surface area contributed by atoms with E-state index in [2.05, 4.69) is 19.0 Å². The van der Waals surface area contributed by atoms with Crippen LogP contribution in [-0.2, 0) is 6.54 Å². The number of aromatic nitrogens is 3. The molecule has 0 radical (unpaired) electrons. The van der Waals surface area contributed by atoms with Crippen molar-refractivity contribution < 1.29 is 0 Å². The maximum absolute atomic E-state index is 6.20. The fourth-order valence-corrected chi connectivity index (χ4v) is 2.67. The Kier molecular flexibility index (Phi) is 3.50. The van der Waals surface area contributed by atoms with E-state index >= 15 is 0 Å². The first kappa shape index (κ1) is 12.6. The van der Waals surface area contributed by atoms with Crippen molar-refractivity contribution in [1.82, 2.24) is 13.7 Å². The smallest absolute Gasteiger partial charge is 0.129 e. The third kappa shape index (κ3) is 2.49. The van der Waals surface area contributed by atoms with Gasteiger partial charge in [-0.15, -0.1) is 0 Å². The number of pyridine rings is 1. The summed E-state index contributed by atoms with van der Waals surface area (Å²) < 4.78 is 8.44. The molecule has 0 amide bonds. The lowest BCUT2D eigenvalue weighted by Crippen LogP contribution is -2.01. The van der Waals surface area contributed by atoms with Gasteiger partial charge in [0.1, 0.15) is 11.0 Å². The zero-order valence-corrected chi connectivity index (χ0v) is 11.9. The molecule has 4 nitrogen and oxygen atoms in total. The molecule has 7 heteroatoms. The van der Waals surface area contributed by atoms with Gasteiger partial charge in [-0.3, -0.25) is 4.98 Å². The van der Waals surface area contributed by atoms with Crippen molar-refractivity contribution in [3.63, 3.8) is 0 Å². The van der Waals surface area contributed by atoms with E-state index in [1.807, 2.05) is 18.2 Å². The highest BCUT2D eigenvalue weighted by molar-refractivity contribution is 7.00. The van der Waals surface area contributed by atoms with Crippen molar-refractivity contribution in [2.75, 3.05) is 5.32 Å². The Labute approximate surface area is 123 Å². The van der Waals surface area contributed by atoms with E-state index in [4.69, 9.17) is 23.2 Å². The second kappa shape index (κ2) is 5.28. The summed E-state index contributed by atoms with van der Waals surface area (Å²) in [5.74, 6) is 0. The first-order valence-electron chi connectivity index (χ1n) is 5.49. The number of nitrogens with zero attached hydrogens (tertiary/aromatic N) is 3. The second-order valence-corrected chi connectivity index (χ2v) is 5.22. The van der Waals surface area contributed by atoms with Crippen LogP contribution < -0.4 is 5.32 Å². The Morgan fingerprint density at radius 1 is 1.11 bits per heavy atom. The number of anilines is 1. The van der Waals surface area contributed by atoms with Gasteiger partial charge in [-0.2, -0.15) is 8.75 Å². The minimum absolute atomic E-state index is 0.553. The van der Waals surface area contributed by atoms with Gasteiger partial charge in [-0.25, -0.2) is 0 Å². The van der Waals surface area contributed by atoms with Crippen LogP contribution in [0, 0.1) is 0 Å². The topological polar surface area (TPSA) is 50.7 Å². The van der Waals surface area contributed by atoms with Crippen LogP contribution >= 0.6 is 34.9 Å². The molecule has 0 aliphatic carbocycles. The molecule has 3 rings (SSSR count). The van der Waals surface area contributed by atoms with E-state index < -0.39 is 0 Å². The van der Waals surface area contributed by atoms with E-state index in [0.29, 0.717) is 16.6 Å². The van der Waals surface area contributed by atoms with Crippen molar-refractivity contribution in [1.29, 1.82) is 0 Å². The van der Waals surface area contributed by atoms with Gasteiger partial charge in [0.15, 0.2) is 0 Å². The van der Waals surface area contributed by atoms with Crippen molar-refractivity contribution in [2.45, 2.75) is 6.54 Å². The van der Waals surface area contributed by atoms with Crippen LogP contribution in [0.1, 0.15) is 5.56 Å². The van der Waals surface area contributed by atoms with Crippen LogP contribution in [0.4, 0.5) is 5.69 Å².